The summed E-state index contributed by atoms with van der Waals surface area (Å²) in [6, 6.07) is 10.6. The second-order valence-corrected chi connectivity index (χ2v) is 4.37. The lowest BCUT2D eigenvalue weighted by molar-refractivity contribution is 0.0782. The molecule has 0 aliphatic rings. The molecule has 0 bridgehead atoms. The van der Waals surface area contributed by atoms with Gasteiger partial charge in [-0.05, 0) is 23.8 Å². The van der Waals surface area contributed by atoms with E-state index in [1.807, 2.05) is 6.07 Å². The molecule has 0 aliphatic heterocycles. The zero-order valence-corrected chi connectivity index (χ0v) is 10.9. The first-order valence-corrected chi connectivity index (χ1v) is 5.99. The van der Waals surface area contributed by atoms with Crippen molar-refractivity contribution in [2.45, 2.75) is 6.54 Å². The van der Waals surface area contributed by atoms with Crippen LogP contribution in [0, 0.1) is 11.3 Å². The van der Waals surface area contributed by atoms with Crippen molar-refractivity contribution in [1.29, 1.82) is 5.26 Å². The van der Waals surface area contributed by atoms with E-state index in [0.29, 0.717) is 12.1 Å². The quantitative estimate of drug-likeness (QED) is 0.921. The van der Waals surface area contributed by atoms with Crippen LogP contribution in [0.2, 0.25) is 0 Å². The molecule has 0 spiro atoms. The van der Waals surface area contributed by atoms with Crippen LogP contribution >= 0.6 is 0 Å². The lowest BCUT2D eigenvalue weighted by Gasteiger charge is -2.17. The summed E-state index contributed by atoms with van der Waals surface area (Å²) in [5, 5.41) is 18.5. The van der Waals surface area contributed by atoms with Crippen molar-refractivity contribution in [2.24, 2.45) is 0 Å². The molecular formula is C15H13N3O2. The maximum absolute atomic E-state index is 12.2. The SMILES string of the molecule is CN(Cc1cccc(C#N)c1)C(=O)c1ccncc1O. The van der Waals surface area contributed by atoms with E-state index >= 15 is 0 Å². The fraction of sp³-hybridized carbons (Fsp3) is 0.133. The van der Waals surface area contributed by atoms with Gasteiger partial charge in [-0.15, -0.1) is 0 Å². The van der Waals surface area contributed by atoms with Crippen molar-refractivity contribution < 1.29 is 9.90 Å². The first-order chi connectivity index (χ1) is 9.61. The molecule has 0 saturated carbocycles. The van der Waals surface area contributed by atoms with Gasteiger partial charge in [-0.1, -0.05) is 12.1 Å². The lowest BCUT2D eigenvalue weighted by atomic mass is 10.1. The third-order valence-electron chi connectivity index (χ3n) is 2.85. The fourth-order valence-electron chi connectivity index (χ4n) is 1.86. The number of carbonyl (C=O) groups excluding carboxylic acids is 1. The van der Waals surface area contributed by atoms with E-state index in [2.05, 4.69) is 11.1 Å². The smallest absolute Gasteiger partial charge is 0.257 e. The third kappa shape index (κ3) is 2.93. The van der Waals surface area contributed by atoms with Crippen molar-refractivity contribution in [2.75, 3.05) is 7.05 Å². The number of aromatic nitrogens is 1. The molecule has 1 amide bonds. The molecule has 2 aromatic rings. The molecule has 0 saturated heterocycles. The molecule has 1 heterocycles. The van der Waals surface area contributed by atoms with Crippen molar-refractivity contribution in [3.8, 4) is 11.8 Å². The first-order valence-electron chi connectivity index (χ1n) is 5.99. The predicted molar refractivity (Wildman–Crippen MR) is 72.9 cm³/mol. The van der Waals surface area contributed by atoms with Gasteiger partial charge in [-0.2, -0.15) is 5.26 Å². The molecular weight excluding hydrogens is 254 g/mol. The number of aromatic hydroxyl groups is 1. The van der Waals surface area contributed by atoms with Crippen molar-refractivity contribution >= 4 is 5.91 Å². The lowest BCUT2D eigenvalue weighted by Crippen LogP contribution is -2.26. The normalized spacial score (nSPS) is 9.80. The Morgan fingerprint density at radius 3 is 2.95 bits per heavy atom. The Morgan fingerprint density at radius 1 is 1.45 bits per heavy atom. The minimum Gasteiger partial charge on any atom is -0.505 e. The summed E-state index contributed by atoms with van der Waals surface area (Å²) in [7, 11) is 1.64. The number of carbonyl (C=O) groups is 1. The van der Waals surface area contributed by atoms with Crippen LogP contribution in [-0.4, -0.2) is 27.9 Å². The van der Waals surface area contributed by atoms with E-state index < -0.39 is 0 Å². The number of amides is 1. The van der Waals surface area contributed by atoms with Gasteiger partial charge in [0.25, 0.3) is 5.91 Å². The molecule has 1 N–H and O–H groups in total. The van der Waals surface area contributed by atoms with Gasteiger partial charge in [0.2, 0.25) is 0 Å². The molecule has 1 aromatic carbocycles. The highest BCUT2D eigenvalue weighted by atomic mass is 16.3. The Hall–Kier alpha value is -2.87. The van der Waals surface area contributed by atoms with E-state index in [4.69, 9.17) is 5.26 Å². The van der Waals surface area contributed by atoms with Crippen LogP contribution in [0.15, 0.2) is 42.7 Å². The zero-order valence-electron chi connectivity index (χ0n) is 10.9. The number of hydrogen-bond acceptors (Lipinski definition) is 4. The maximum atomic E-state index is 12.2. The van der Waals surface area contributed by atoms with Crippen LogP contribution in [0.5, 0.6) is 5.75 Å². The van der Waals surface area contributed by atoms with Crippen LogP contribution < -0.4 is 0 Å². The van der Waals surface area contributed by atoms with Crippen molar-refractivity contribution in [1.82, 2.24) is 9.88 Å². The zero-order chi connectivity index (χ0) is 14.5. The average molecular weight is 267 g/mol. The number of nitriles is 1. The third-order valence-corrected chi connectivity index (χ3v) is 2.85. The molecule has 0 radical (unpaired) electrons. The largest absolute Gasteiger partial charge is 0.505 e. The number of hydrogen-bond donors (Lipinski definition) is 1. The molecule has 5 heteroatoms. The van der Waals surface area contributed by atoms with Gasteiger partial charge in [0, 0.05) is 19.8 Å². The summed E-state index contributed by atoms with van der Waals surface area (Å²) in [5.74, 6) is -0.442. The Morgan fingerprint density at radius 2 is 2.25 bits per heavy atom. The highest BCUT2D eigenvalue weighted by molar-refractivity contribution is 5.96. The minimum atomic E-state index is -0.299. The van der Waals surface area contributed by atoms with Gasteiger partial charge in [0.15, 0.2) is 0 Å². The van der Waals surface area contributed by atoms with Crippen molar-refractivity contribution in [3.05, 3.63) is 59.4 Å². The van der Waals surface area contributed by atoms with Gasteiger partial charge < -0.3 is 10.0 Å². The molecule has 5 nitrogen and oxygen atoms in total. The fourth-order valence-corrected chi connectivity index (χ4v) is 1.86. The van der Waals surface area contributed by atoms with E-state index in [9.17, 15) is 9.90 Å². The van der Waals surface area contributed by atoms with Gasteiger partial charge >= 0.3 is 0 Å². The first kappa shape index (κ1) is 13.6. The minimum absolute atomic E-state index is 0.143. The van der Waals surface area contributed by atoms with E-state index in [0.717, 1.165) is 5.56 Å². The molecule has 2 rings (SSSR count). The monoisotopic (exact) mass is 267 g/mol. The van der Waals surface area contributed by atoms with Crippen molar-refractivity contribution in [3.63, 3.8) is 0 Å². The topological polar surface area (TPSA) is 77.2 Å². The summed E-state index contributed by atoms with van der Waals surface area (Å²) in [6.07, 6.45) is 2.69. The van der Waals surface area contributed by atoms with E-state index in [1.54, 1.807) is 25.2 Å². The van der Waals surface area contributed by atoms with Gasteiger partial charge in [-0.3, -0.25) is 9.78 Å². The summed E-state index contributed by atoms with van der Waals surface area (Å²) >= 11 is 0. The number of benzene rings is 1. The average Bonchev–Trinajstić information content (AvgIpc) is 2.47. The maximum Gasteiger partial charge on any atom is 0.257 e. The molecule has 0 unspecified atom stereocenters. The number of nitrogens with zero attached hydrogens (tertiary/aromatic N) is 3. The molecule has 0 fully saturated rings. The molecule has 20 heavy (non-hydrogen) atoms. The Bertz CT molecular complexity index is 677. The summed E-state index contributed by atoms with van der Waals surface area (Å²) < 4.78 is 0. The molecule has 1 aromatic heterocycles. The highest BCUT2D eigenvalue weighted by Crippen LogP contribution is 2.17. The van der Waals surface area contributed by atoms with Gasteiger partial charge in [-0.25, -0.2) is 0 Å². The molecule has 0 aliphatic carbocycles. The predicted octanol–water partition coefficient (Wildman–Crippen LogP) is 1.93. The van der Waals surface area contributed by atoms with E-state index in [-0.39, 0.29) is 17.2 Å². The van der Waals surface area contributed by atoms with Crippen LogP contribution in [0.4, 0.5) is 0 Å². The summed E-state index contributed by atoms with van der Waals surface area (Å²) in [6.45, 7) is 0.357. The molecule has 100 valence electrons. The van der Waals surface area contributed by atoms with Crippen LogP contribution in [0.3, 0.4) is 0 Å². The second kappa shape index (κ2) is 5.85. The Labute approximate surface area is 116 Å². The molecule has 0 atom stereocenters. The Balaban J connectivity index is 2.16. The van der Waals surface area contributed by atoms with Gasteiger partial charge in [0.05, 0.1) is 23.4 Å². The number of pyridine rings is 1. The standard InChI is InChI=1S/C15H13N3O2/c1-18(10-12-4-2-3-11(7-12)8-16)15(20)13-5-6-17-9-14(13)19/h2-7,9,19H,10H2,1H3. The van der Waals surface area contributed by atoms with E-state index in [1.165, 1.54) is 23.4 Å². The summed E-state index contributed by atoms with van der Waals surface area (Å²) in [4.78, 5) is 17.4. The van der Waals surface area contributed by atoms with Crippen LogP contribution in [0.1, 0.15) is 21.5 Å². The summed E-state index contributed by atoms with van der Waals surface area (Å²) in [5.41, 5.74) is 1.61. The van der Waals surface area contributed by atoms with Crippen LogP contribution in [0.25, 0.3) is 0 Å². The highest BCUT2D eigenvalue weighted by Gasteiger charge is 2.15. The van der Waals surface area contributed by atoms with Crippen LogP contribution in [-0.2, 0) is 6.54 Å². The Kier molecular flexibility index (Phi) is 3.96. The number of rotatable bonds is 3. The van der Waals surface area contributed by atoms with Gasteiger partial charge in [0.1, 0.15) is 5.75 Å². The second-order valence-electron chi connectivity index (χ2n) is 4.37.